The highest BCUT2D eigenvalue weighted by atomic mass is 16.1. The maximum atomic E-state index is 11.1. The lowest BCUT2D eigenvalue weighted by Crippen LogP contribution is -2.48. The van der Waals surface area contributed by atoms with Crippen LogP contribution in [0.25, 0.3) is 5.65 Å². The Morgan fingerprint density at radius 2 is 2.14 bits per heavy atom. The summed E-state index contributed by atoms with van der Waals surface area (Å²) < 4.78 is 3.73. The Hall–Kier alpha value is -2.90. The first-order valence-corrected chi connectivity index (χ1v) is 6.61. The molecule has 4 rings (SSSR count). The van der Waals surface area contributed by atoms with Crippen molar-refractivity contribution in [3.8, 4) is 0 Å². The summed E-state index contributed by atoms with van der Waals surface area (Å²) in [7, 11) is 0. The fraction of sp³-hybridized carbons (Fsp3) is 0.231. The molecule has 8 heteroatoms. The third-order valence-corrected chi connectivity index (χ3v) is 3.70. The first-order chi connectivity index (χ1) is 10.2. The van der Waals surface area contributed by atoms with Gasteiger partial charge in [0.25, 0.3) is 5.91 Å². The predicted molar refractivity (Wildman–Crippen MR) is 75.0 cm³/mol. The molecule has 0 aliphatic carbocycles. The third-order valence-electron chi connectivity index (χ3n) is 3.70. The van der Waals surface area contributed by atoms with Crippen LogP contribution >= 0.6 is 0 Å². The van der Waals surface area contributed by atoms with Crippen molar-refractivity contribution in [2.45, 2.75) is 6.04 Å². The molecule has 1 amide bonds. The maximum absolute atomic E-state index is 11.1. The Kier molecular flexibility index (Phi) is 2.44. The van der Waals surface area contributed by atoms with Crippen molar-refractivity contribution in [3.63, 3.8) is 0 Å². The molecule has 0 aromatic carbocycles. The van der Waals surface area contributed by atoms with E-state index in [-0.39, 0.29) is 6.04 Å². The highest BCUT2D eigenvalue weighted by Gasteiger charge is 2.32. The summed E-state index contributed by atoms with van der Waals surface area (Å²) >= 11 is 0. The van der Waals surface area contributed by atoms with E-state index in [0.29, 0.717) is 5.56 Å². The van der Waals surface area contributed by atoms with Gasteiger partial charge in [0, 0.05) is 25.5 Å². The molecule has 0 bridgehead atoms. The molecule has 0 unspecified atom stereocenters. The molecule has 1 aliphatic rings. The number of carbonyl (C=O) groups is 1. The van der Waals surface area contributed by atoms with E-state index in [4.69, 9.17) is 5.73 Å². The number of aromatic nitrogens is 5. The van der Waals surface area contributed by atoms with Crippen molar-refractivity contribution < 1.29 is 4.79 Å². The first kappa shape index (κ1) is 11.9. The number of hydrogen-bond acceptors (Lipinski definition) is 5. The molecule has 8 nitrogen and oxygen atoms in total. The number of pyridine rings is 1. The number of hydrogen-bond donors (Lipinski definition) is 1. The Morgan fingerprint density at radius 1 is 1.29 bits per heavy atom. The molecule has 1 saturated heterocycles. The van der Waals surface area contributed by atoms with Crippen molar-refractivity contribution >= 4 is 17.5 Å². The van der Waals surface area contributed by atoms with Crippen LogP contribution in [0.15, 0.2) is 36.8 Å². The smallest absolute Gasteiger partial charge is 0.251 e. The van der Waals surface area contributed by atoms with Crippen LogP contribution in [0.4, 0.5) is 5.95 Å². The van der Waals surface area contributed by atoms with E-state index in [0.717, 1.165) is 24.7 Å². The summed E-state index contributed by atoms with van der Waals surface area (Å²) in [5.41, 5.74) is 6.49. The normalized spacial score (nSPS) is 15.3. The highest BCUT2D eigenvalue weighted by Crippen LogP contribution is 2.26. The largest absolute Gasteiger partial charge is 0.366 e. The summed E-state index contributed by atoms with van der Waals surface area (Å²) in [6.45, 7) is 1.55. The topological polar surface area (TPSA) is 94.3 Å². The highest BCUT2D eigenvalue weighted by molar-refractivity contribution is 5.92. The molecular weight excluding hydrogens is 270 g/mol. The maximum Gasteiger partial charge on any atom is 0.251 e. The van der Waals surface area contributed by atoms with E-state index in [1.165, 1.54) is 6.20 Å². The van der Waals surface area contributed by atoms with Crippen LogP contribution in [0.5, 0.6) is 0 Å². The van der Waals surface area contributed by atoms with Gasteiger partial charge >= 0.3 is 0 Å². The van der Waals surface area contributed by atoms with Crippen LogP contribution in [0.3, 0.4) is 0 Å². The van der Waals surface area contributed by atoms with E-state index in [1.54, 1.807) is 10.9 Å². The number of nitrogens with zero attached hydrogens (tertiary/aromatic N) is 6. The van der Waals surface area contributed by atoms with E-state index in [2.05, 4.69) is 20.2 Å². The Balaban J connectivity index is 1.53. The average Bonchev–Trinajstić information content (AvgIpc) is 3.05. The van der Waals surface area contributed by atoms with Crippen LogP contribution in [-0.2, 0) is 0 Å². The standard InChI is InChI=1S/C13H13N7O/c14-12(21)9-5-15-20(6-9)10-7-18(8-10)13-17-16-11-3-1-2-4-19(11)13/h1-6,10H,7-8H2,(H2,14,21). The molecule has 4 heterocycles. The summed E-state index contributed by atoms with van der Waals surface area (Å²) in [4.78, 5) is 13.2. The lowest BCUT2D eigenvalue weighted by atomic mass is 10.1. The monoisotopic (exact) mass is 283 g/mol. The third kappa shape index (κ3) is 1.83. The molecule has 0 radical (unpaired) electrons. The van der Waals surface area contributed by atoms with Gasteiger partial charge in [-0.05, 0) is 12.1 Å². The SMILES string of the molecule is NC(=O)c1cnn(C2CN(c3nnc4ccccn34)C2)c1. The molecule has 106 valence electrons. The van der Waals surface area contributed by atoms with E-state index in [1.807, 2.05) is 28.8 Å². The number of anilines is 1. The van der Waals surface area contributed by atoms with Gasteiger partial charge in [0.05, 0.1) is 17.8 Å². The number of nitrogens with two attached hydrogens (primary N) is 1. The zero-order chi connectivity index (χ0) is 14.4. The summed E-state index contributed by atoms with van der Waals surface area (Å²) in [5.74, 6) is 0.366. The van der Waals surface area contributed by atoms with Gasteiger partial charge in [-0.25, -0.2) is 0 Å². The number of primary amides is 1. The van der Waals surface area contributed by atoms with Crippen LogP contribution in [-0.4, -0.2) is 43.4 Å². The van der Waals surface area contributed by atoms with Crippen molar-refractivity contribution in [1.29, 1.82) is 0 Å². The van der Waals surface area contributed by atoms with Crippen molar-refractivity contribution in [1.82, 2.24) is 24.4 Å². The molecule has 2 N–H and O–H groups in total. The predicted octanol–water partition coefficient (Wildman–Crippen LogP) is 0.0860. The van der Waals surface area contributed by atoms with Gasteiger partial charge in [-0.15, -0.1) is 10.2 Å². The van der Waals surface area contributed by atoms with Crippen LogP contribution < -0.4 is 10.6 Å². The summed E-state index contributed by atoms with van der Waals surface area (Å²) in [5, 5.41) is 12.5. The second-order valence-corrected chi connectivity index (χ2v) is 5.06. The Labute approximate surface area is 119 Å². The van der Waals surface area contributed by atoms with Gasteiger partial charge in [0.1, 0.15) is 0 Å². The lowest BCUT2D eigenvalue weighted by molar-refractivity contribution is 0.1000. The van der Waals surface area contributed by atoms with Gasteiger partial charge in [-0.1, -0.05) is 6.07 Å². The fourth-order valence-corrected chi connectivity index (χ4v) is 2.50. The van der Waals surface area contributed by atoms with E-state index >= 15 is 0 Å². The number of carbonyl (C=O) groups excluding carboxylic acids is 1. The molecule has 1 fully saturated rings. The minimum Gasteiger partial charge on any atom is -0.366 e. The van der Waals surface area contributed by atoms with Crippen molar-refractivity contribution in [2.75, 3.05) is 18.0 Å². The van der Waals surface area contributed by atoms with Gasteiger partial charge in [-0.2, -0.15) is 5.10 Å². The van der Waals surface area contributed by atoms with E-state index < -0.39 is 5.91 Å². The molecule has 0 spiro atoms. The molecule has 3 aromatic heterocycles. The van der Waals surface area contributed by atoms with Crippen molar-refractivity contribution in [3.05, 3.63) is 42.4 Å². The minimum atomic E-state index is -0.458. The van der Waals surface area contributed by atoms with Gasteiger partial charge in [0.15, 0.2) is 5.65 Å². The second-order valence-electron chi connectivity index (χ2n) is 5.06. The number of amides is 1. The Bertz CT molecular complexity index is 815. The fourth-order valence-electron chi connectivity index (χ4n) is 2.50. The van der Waals surface area contributed by atoms with Gasteiger partial charge in [0.2, 0.25) is 5.95 Å². The van der Waals surface area contributed by atoms with Gasteiger partial charge < -0.3 is 10.6 Å². The molecular formula is C13H13N7O. The lowest BCUT2D eigenvalue weighted by Gasteiger charge is -2.39. The minimum absolute atomic E-state index is 0.217. The summed E-state index contributed by atoms with van der Waals surface area (Å²) in [6, 6.07) is 6.01. The quantitative estimate of drug-likeness (QED) is 0.735. The van der Waals surface area contributed by atoms with Gasteiger partial charge in [-0.3, -0.25) is 13.9 Å². The molecule has 0 atom stereocenters. The zero-order valence-electron chi connectivity index (χ0n) is 11.1. The number of rotatable bonds is 3. The van der Waals surface area contributed by atoms with E-state index in [9.17, 15) is 4.79 Å². The molecule has 1 aliphatic heterocycles. The first-order valence-electron chi connectivity index (χ1n) is 6.61. The van der Waals surface area contributed by atoms with Crippen molar-refractivity contribution in [2.24, 2.45) is 5.73 Å². The van der Waals surface area contributed by atoms with Crippen LogP contribution in [0.2, 0.25) is 0 Å². The zero-order valence-corrected chi connectivity index (χ0v) is 11.1. The molecule has 0 saturated carbocycles. The summed E-state index contributed by atoms with van der Waals surface area (Å²) in [6.07, 6.45) is 5.13. The van der Waals surface area contributed by atoms with Crippen LogP contribution in [0.1, 0.15) is 16.4 Å². The van der Waals surface area contributed by atoms with Crippen LogP contribution in [0, 0.1) is 0 Å². The molecule has 3 aromatic rings. The second kappa shape index (κ2) is 4.30. The Morgan fingerprint density at radius 3 is 2.90 bits per heavy atom. The molecule has 21 heavy (non-hydrogen) atoms. The number of fused-ring (bicyclic) bond motifs is 1. The average molecular weight is 283 g/mol.